The molecule has 6 nitrogen and oxygen atoms in total. The number of ether oxygens (including phenoxy) is 1. The zero-order valence-corrected chi connectivity index (χ0v) is 19.7. The number of allylic oxidation sites excluding steroid dienone is 1. The first kappa shape index (κ1) is 23.4. The van der Waals surface area contributed by atoms with Crippen molar-refractivity contribution in [2.24, 2.45) is 0 Å². The summed E-state index contributed by atoms with van der Waals surface area (Å²) in [4.78, 5) is 12.6. The molecule has 2 aromatic rings. The Bertz CT molecular complexity index is 876. The van der Waals surface area contributed by atoms with Crippen LogP contribution in [0, 0.1) is 0 Å². The van der Waals surface area contributed by atoms with Gasteiger partial charge in [-0.2, -0.15) is 0 Å². The minimum Gasteiger partial charge on any atom is -0.497 e. The third-order valence-electron chi connectivity index (χ3n) is 5.58. The van der Waals surface area contributed by atoms with Gasteiger partial charge in [-0.3, -0.25) is 4.79 Å². The van der Waals surface area contributed by atoms with Gasteiger partial charge in [0.15, 0.2) is 11.0 Å². The van der Waals surface area contributed by atoms with Crippen LogP contribution >= 0.6 is 11.8 Å². The molecule has 1 N–H and O–H groups in total. The molecule has 0 saturated carbocycles. The van der Waals surface area contributed by atoms with E-state index in [4.69, 9.17) is 4.74 Å². The quantitative estimate of drug-likeness (QED) is 0.381. The van der Waals surface area contributed by atoms with E-state index in [9.17, 15) is 4.79 Å². The van der Waals surface area contributed by atoms with Crippen molar-refractivity contribution in [3.8, 4) is 17.1 Å². The van der Waals surface area contributed by atoms with Crippen LogP contribution in [-0.2, 0) is 11.3 Å². The SMILES string of the molecule is CCCCn1c(SC(C)C(=O)NCCC2=CCCCC2)nnc1-c1ccc(OC)cc1. The lowest BCUT2D eigenvalue weighted by molar-refractivity contribution is -0.120. The predicted octanol–water partition coefficient (Wildman–Crippen LogP) is 5.24. The minimum atomic E-state index is -0.228. The molecule has 0 saturated heterocycles. The maximum absolute atomic E-state index is 12.6. The molecule has 0 aliphatic heterocycles. The number of aromatic nitrogens is 3. The molecule has 1 aliphatic carbocycles. The van der Waals surface area contributed by atoms with Crippen LogP contribution in [0.5, 0.6) is 5.75 Å². The van der Waals surface area contributed by atoms with Gasteiger partial charge in [0.05, 0.1) is 12.4 Å². The van der Waals surface area contributed by atoms with Gasteiger partial charge in [0, 0.05) is 18.7 Å². The smallest absolute Gasteiger partial charge is 0.233 e. The van der Waals surface area contributed by atoms with Gasteiger partial charge in [0.2, 0.25) is 5.91 Å². The van der Waals surface area contributed by atoms with Crippen molar-refractivity contribution < 1.29 is 9.53 Å². The lowest BCUT2D eigenvalue weighted by Crippen LogP contribution is -2.32. The first-order valence-electron chi connectivity index (χ1n) is 11.3. The number of benzene rings is 1. The maximum atomic E-state index is 12.6. The van der Waals surface area contributed by atoms with Crippen molar-refractivity contribution in [1.29, 1.82) is 0 Å². The largest absolute Gasteiger partial charge is 0.497 e. The second-order valence-corrected chi connectivity index (χ2v) is 9.26. The summed E-state index contributed by atoms with van der Waals surface area (Å²) in [5.41, 5.74) is 2.48. The number of hydrogen-bond donors (Lipinski definition) is 1. The number of hydrogen-bond acceptors (Lipinski definition) is 5. The second kappa shape index (κ2) is 11.9. The van der Waals surface area contributed by atoms with E-state index in [0.29, 0.717) is 6.54 Å². The lowest BCUT2D eigenvalue weighted by atomic mass is 9.97. The van der Waals surface area contributed by atoms with Crippen LogP contribution in [0.25, 0.3) is 11.4 Å². The van der Waals surface area contributed by atoms with Gasteiger partial charge in [-0.25, -0.2) is 0 Å². The van der Waals surface area contributed by atoms with Crippen LogP contribution in [0.4, 0.5) is 0 Å². The second-order valence-electron chi connectivity index (χ2n) is 7.95. The predicted molar refractivity (Wildman–Crippen MR) is 126 cm³/mol. The van der Waals surface area contributed by atoms with E-state index >= 15 is 0 Å². The highest BCUT2D eigenvalue weighted by molar-refractivity contribution is 8.00. The molecule has 3 rings (SSSR count). The number of nitrogens with one attached hydrogen (secondary N) is 1. The fourth-order valence-corrected chi connectivity index (χ4v) is 4.58. The van der Waals surface area contributed by atoms with Gasteiger partial charge >= 0.3 is 0 Å². The van der Waals surface area contributed by atoms with Gasteiger partial charge in [0.1, 0.15) is 5.75 Å². The summed E-state index contributed by atoms with van der Waals surface area (Å²) in [6.07, 6.45) is 10.3. The lowest BCUT2D eigenvalue weighted by Gasteiger charge is -2.15. The Kier molecular flexibility index (Phi) is 9.00. The molecule has 1 aromatic carbocycles. The topological polar surface area (TPSA) is 69.0 Å². The number of rotatable bonds is 11. The monoisotopic (exact) mass is 442 g/mol. The third-order valence-corrected chi connectivity index (χ3v) is 6.66. The van der Waals surface area contributed by atoms with Crippen molar-refractivity contribution in [1.82, 2.24) is 20.1 Å². The molecule has 1 amide bonds. The van der Waals surface area contributed by atoms with E-state index in [0.717, 1.165) is 48.1 Å². The van der Waals surface area contributed by atoms with Crippen LogP contribution in [0.15, 0.2) is 41.1 Å². The van der Waals surface area contributed by atoms with E-state index in [1.807, 2.05) is 31.2 Å². The number of unbranched alkanes of at least 4 members (excludes halogenated alkanes) is 1. The molecule has 1 unspecified atom stereocenters. The minimum absolute atomic E-state index is 0.0532. The number of nitrogens with zero attached hydrogens (tertiary/aromatic N) is 3. The van der Waals surface area contributed by atoms with Crippen LogP contribution in [0.3, 0.4) is 0 Å². The van der Waals surface area contributed by atoms with Crippen molar-refractivity contribution in [3.05, 3.63) is 35.9 Å². The summed E-state index contributed by atoms with van der Waals surface area (Å²) in [6, 6.07) is 7.85. The van der Waals surface area contributed by atoms with Gasteiger partial charge in [-0.05, 0) is 69.7 Å². The average Bonchev–Trinajstić information content (AvgIpc) is 3.20. The van der Waals surface area contributed by atoms with E-state index in [1.165, 1.54) is 43.0 Å². The molecule has 168 valence electrons. The molecule has 0 bridgehead atoms. The third kappa shape index (κ3) is 6.60. The fraction of sp³-hybridized carbons (Fsp3) is 0.542. The Morgan fingerprint density at radius 2 is 2.06 bits per heavy atom. The van der Waals surface area contributed by atoms with E-state index in [2.05, 4.69) is 33.1 Å². The van der Waals surface area contributed by atoms with Crippen LogP contribution < -0.4 is 10.1 Å². The number of thioether (sulfide) groups is 1. The normalized spacial score (nSPS) is 14.7. The van der Waals surface area contributed by atoms with Crippen LogP contribution in [0.1, 0.15) is 58.8 Å². The zero-order valence-electron chi connectivity index (χ0n) is 18.9. The van der Waals surface area contributed by atoms with Crippen molar-refractivity contribution in [3.63, 3.8) is 0 Å². The Morgan fingerprint density at radius 3 is 2.74 bits per heavy atom. The average molecular weight is 443 g/mol. The fourth-order valence-electron chi connectivity index (χ4n) is 3.68. The molecule has 1 heterocycles. The first-order valence-corrected chi connectivity index (χ1v) is 12.2. The molecule has 1 atom stereocenters. The highest BCUT2D eigenvalue weighted by Crippen LogP contribution is 2.28. The Hall–Kier alpha value is -2.28. The van der Waals surface area contributed by atoms with Gasteiger partial charge in [-0.1, -0.05) is 36.8 Å². The number of amides is 1. The van der Waals surface area contributed by atoms with E-state index in [-0.39, 0.29) is 11.2 Å². The number of carbonyl (C=O) groups excluding carboxylic acids is 1. The summed E-state index contributed by atoms with van der Waals surface area (Å²) in [6.45, 7) is 5.64. The van der Waals surface area contributed by atoms with Crippen LogP contribution in [-0.4, -0.2) is 39.6 Å². The standard InChI is InChI=1S/C24H34N4O2S/c1-4-5-17-28-22(20-11-13-21(30-3)14-12-20)26-27-24(28)31-18(2)23(29)25-16-15-19-9-7-6-8-10-19/h9,11-14,18H,4-8,10,15-17H2,1-3H3,(H,25,29). The molecule has 7 heteroatoms. The van der Waals surface area contributed by atoms with Gasteiger partial charge in [0.25, 0.3) is 0 Å². The maximum Gasteiger partial charge on any atom is 0.233 e. The van der Waals surface area contributed by atoms with Gasteiger partial charge < -0.3 is 14.6 Å². The summed E-state index contributed by atoms with van der Waals surface area (Å²) in [5, 5.41) is 12.5. The Morgan fingerprint density at radius 1 is 1.26 bits per heavy atom. The van der Waals surface area contributed by atoms with Gasteiger partial charge in [-0.15, -0.1) is 10.2 Å². The summed E-state index contributed by atoms with van der Waals surface area (Å²) < 4.78 is 7.39. The van der Waals surface area contributed by atoms with Crippen molar-refractivity contribution in [2.45, 2.75) is 75.7 Å². The summed E-state index contributed by atoms with van der Waals surface area (Å²) in [5.74, 6) is 1.69. The zero-order chi connectivity index (χ0) is 22.1. The highest BCUT2D eigenvalue weighted by atomic mass is 32.2. The van der Waals surface area contributed by atoms with Crippen molar-refractivity contribution in [2.75, 3.05) is 13.7 Å². The van der Waals surface area contributed by atoms with E-state index in [1.54, 1.807) is 7.11 Å². The highest BCUT2D eigenvalue weighted by Gasteiger charge is 2.20. The first-order chi connectivity index (χ1) is 15.1. The van der Waals surface area contributed by atoms with E-state index < -0.39 is 0 Å². The molecule has 0 radical (unpaired) electrons. The Balaban J connectivity index is 1.64. The molecule has 0 fully saturated rings. The number of carbonyl (C=O) groups is 1. The summed E-state index contributed by atoms with van der Waals surface area (Å²) >= 11 is 1.48. The molecular formula is C24H34N4O2S. The Labute approximate surface area is 189 Å². The van der Waals surface area contributed by atoms with Crippen molar-refractivity contribution >= 4 is 17.7 Å². The molecule has 0 spiro atoms. The molecule has 1 aromatic heterocycles. The summed E-state index contributed by atoms with van der Waals surface area (Å²) in [7, 11) is 1.66. The van der Waals surface area contributed by atoms with Crippen LogP contribution in [0.2, 0.25) is 0 Å². The molecular weight excluding hydrogens is 408 g/mol. The molecule has 31 heavy (non-hydrogen) atoms. The number of methoxy groups -OCH3 is 1. The molecule has 1 aliphatic rings.